The number of amides is 2. The molecule has 0 bridgehead atoms. The lowest BCUT2D eigenvalue weighted by Crippen LogP contribution is -2.40. The number of nitrogens with zero attached hydrogens (tertiary/aromatic N) is 2. The molecule has 0 fully saturated rings. The van der Waals surface area contributed by atoms with Gasteiger partial charge in [0.25, 0.3) is 11.8 Å². The van der Waals surface area contributed by atoms with Gasteiger partial charge in [0, 0.05) is 18.5 Å². The van der Waals surface area contributed by atoms with Crippen LogP contribution < -0.4 is 10.9 Å². The molecular weight excluding hydrogens is 260 g/mol. The van der Waals surface area contributed by atoms with Gasteiger partial charge >= 0.3 is 0 Å². The number of nitrogens with one attached hydrogen (secondary N) is 2. The maximum atomic E-state index is 11.7. The van der Waals surface area contributed by atoms with Gasteiger partial charge in [-0.3, -0.25) is 30.4 Å². The third-order valence-corrected chi connectivity index (χ3v) is 2.39. The van der Waals surface area contributed by atoms with E-state index in [2.05, 4.69) is 20.8 Å². The van der Waals surface area contributed by atoms with Gasteiger partial charge in [-0.05, 0) is 19.1 Å². The quantitative estimate of drug-likeness (QED) is 0.637. The smallest absolute Gasteiger partial charge is 0.273 e. The van der Waals surface area contributed by atoms with Crippen molar-refractivity contribution in [2.24, 2.45) is 0 Å². The van der Waals surface area contributed by atoms with Crippen molar-refractivity contribution in [1.82, 2.24) is 20.8 Å². The van der Waals surface area contributed by atoms with Crippen molar-refractivity contribution in [1.29, 1.82) is 0 Å². The minimum Gasteiger partial charge on any atom is -0.469 e. The molecule has 0 radical (unpaired) electrons. The molecule has 2 rings (SSSR count). The SMILES string of the molecule is Cc1occc1C(=O)NNC(=O)/C=C/c1cnccn1. The summed E-state index contributed by atoms with van der Waals surface area (Å²) in [5.74, 6) is -0.450. The Morgan fingerprint density at radius 1 is 1.30 bits per heavy atom. The molecule has 102 valence electrons. The molecule has 0 saturated heterocycles. The van der Waals surface area contributed by atoms with Gasteiger partial charge < -0.3 is 4.42 Å². The molecule has 0 unspecified atom stereocenters. The monoisotopic (exact) mass is 272 g/mol. The van der Waals surface area contributed by atoms with Gasteiger partial charge in [-0.2, -0.15) is 0 Å². The summed E-state index contributed by atoms with van der Waals surface area (Å²) in [6, 6.07) is 1.52. The van der Waals surface area contributed by atoms with Crippen LogP contribution >= 0.6 is 0 Å². The molecule has 2 N–H and O–H groups in total. The first-order chi connectivity index (χ1) is 9.66. The van der Waals surface area contributed by atoms with Crippen molar-refractivity contribution in [2.45, 2.75) is 6.92 Å². The summed E-state index contributed by atoms with van der Waals surface area (Å²) in [6.45, 7) is 1.66. The van der Waals surface area contributed by atoms with Crippen LogP contribution in [0.4, 0.5) is 0 Å². The number of hydrogen-bond donors (Lipinski definition) is 2. The molecule has 2 heterocycles. The maximum Gasteiger partial charge on any atom is 0.273 e. The molecule has 0 aromatic carbocycles. The minimum atomic E-state index is -0.481. The van der Waals surface area contributed by atoms with Crippen LogP contribution in [0, 0.1) is 6.92 Å². The van der Waals surface area contributed by atoms with Crippen molar-refractivity contribution in [3.63, 3.8) is 0 Å². The highest BCUT2D eigenvalue weighted by molar-refractivity contribution is 5.98. The van der Waals surface area contributed by atoms with Gasteiger partial charge in [-0.1, -0.05) is 0 Å². The lowest BCUT2D eigenvalue weighted by Gasteiger charge is -2.03. The number of hydrazine groups is 1. The summed E-state index contributed by atoms with van der Waals surface area (Å²) < 4.78 is 5.00. The Hall–Kier alpha value is -2.96. The molecule has 0 saturated carbocycles. The van der Waals surface area contributed by atoms with Crippen LogP contribution in [-0.4, -0.2) is 21.8 Å². The minimum absolute atomic E-state index is 0.364. The van der Waals surface area contributed by atoms with E-state index in [1.54, 1.807) is 6.92 Å². The third-order valence-electron chi connectivity index (χ3n) is 2.39. The molecule has 7 nitrogen and oxygen atoms in total. The van der Waals surface area contributed by atoms with Crippen molar-refractivity contribution >= 4 is 17.9 Å². The molecule has 0 aliphatic rings. The Balaban J connectivity index is 1.85. The van der Waals surface area contributed by atoms with Crippen LogP contribution in [0.2, 0.25) is 0 Å². The van der Waals surface area contributed by atoms with Crippen LogP contribution in [0.15, 0.2) is 41.4 Å². The largest absolute Gasteiger partial charge is 0.469 e. The normalized spacial score (nSPS) is 10.4. The van der Waals surface area contributed by atoms with Crippen LogP contribution in [0.1, 0.15) is 21.8 Å². The lowest BCUT2D eigenvalue weighted by molar-refractivity contribution is -0.117. The van der Waals surface area contributed by atoms with Gasteiger partial charge in [0.1, 0.15) is 5.76 Å². The van der Waals surface area contributed by atoms with Gasteiger partial charge in [0.2, 0.25) is 0 Å². The number of aryl methyl sites for hydroxylation is 1. The van der Waals surface area contributed by atoms with E-state index in [1.807, 2.05) is 0 Å². The van der Waals surface area contributed by atoms with E-state index < -0.39 is 11.8 Å². The van der Waals surface area contributed by atoms with Crippen LogP contribution in [0.3, 0.4) is 0 Å². The van der Waals surface area contributed by atoms with Crippen LogP contribution in [0.25, 0.3) is 6.08 Å². The highest BCUT2D eigenvalue weighted by atomic mass is 16.3. The summed E-state index contributed by atoms with van der Waals surface area (Å²) in [5, 5.41) is 0. The maximum absolute atomic E-state index is 11.7. The second-order valence-electron chi connectivity index (χ2n) is 3.80. The molecule has 2 aromatic heterocycles. The predicted octanol–water partition coefficient (Wildman–Crippen LogP) is 0.852. The molecule has 7 heteroatoms. The van der Waals surface area contributed by atoms with Crippen LogP contribution in [-0.2, 0) is 4.79 Å². The highest BCUT2D eigenvalue weighted by Gasteiger charge is 2.11. The summed E-state index contributed by atoms with van der Waals surface area (Å²) in [5.41, 5.74) is 5.43. The van der Waals surface area contributed by atoms with E-state index >= 15 is 0 Å². The molecule has 2 aromatic rings. The molecular formula is C13H12N4O3. The Kier molecular flexibility index (Phi) is 4.23. The van der Waals surface area contributed by atoms with E-state index in [9.17, 15) is 9.59 Å². The number of aromatic nitrogens is 2. The Morgan fingerprint density at radius 2 is 2.15 bits per heavy atom. The third kappa shape index (κ3) is 3.52. The second kappa shape index (κ2) is 6.28. The molecule has 2 amide bonds. The predicted molar refractivity (Wildman–Crippen MR) is 70.1 cm³/mol. The van der Waals surface area contributed by atoms with Crippen LogP contribution in [0.5, 0.6) is 0 Å². The zero-order chi connectivity index (χ0) is 14.4. The Morgan fingerprint density at radius 3 is 2.80 bits per heavy atom. The fraction of sp³-hybridized carbons (Fsp3) is 0.0769. The number of furan rings is 1. The second-order valence-corrected chi connectivity index (χ2v) is 3.80. The van der Waals surface area contributed by atoms with E-state index in [0.717, 1.165) is 0 Å². The number of carbonyl (C=O) groups excluding carboxylic acids is 2. The van der Waals surface area contributed by atoms with Gasteiger partial charge in [-0.15, -0.1) is 0 Å². The number of hydrogen-bond acceptors (Lipinski definition) is 5. The van der Waals surface area contributed by atoms with Gasteiger partial charge in [-0.25, -0.2) is 0 Å². The van der Waals surface area contributed by atoms with Crippen molar-refractivity contribution < 1.29 is 14.0 Å². The van der Waals surface area contributed by atoms with E-state index in [0.29, 0.717) is 17.0 Å². The first-order valence-electron chi connectivity index (χ1n) is 5.75. The molecule has 0 aliphatic heterocycles. The summed E-state index contributed by atoms with van der Waals surface area (Å²) >= 11 is 0. The zero-order valence-electron chi connectivity index (χ0n) is 10.7. The van der Waals surface area contributed by atoms with Gasteiger partial charge in [0.15, 0.2) is 0 Å². The zero-order valence-corrected chi connectivity index (χ0v) is 10.7. The van der Waals surface area contributed by atoms with Crippen molar-refractivity contribution in [2.75, 3.05) is 0 Å². The van der Waals surface area contributed by atoms with E-state index in [4.69, 9.17) is 4.42 Å². The summed E-state index contributed by atoms with van der Waals surface area (Å²) in [4.78, 5) is 31.0. The fourth-order valence-corrected chi connectivity index (χ4v) is 1.41. The average molecular weight is 272 g/mol. The van der Waals surface area contributed by atoms with E-state index in [-0.39, 0.29) is 0 Å². The van der Waals surface area contributed by atoms with Crippen molar-refractivity contribution in [3.05, 3.63) is 54.0 Å². The summed E-state index contributed by atoms with van der Waals surface area (Å²) in [7, 11) is 0. The van der Waals surface area contributed by atoms with E-state index in [1.165, 1.54) is 43.1 Å². The lowest BCUT2D eigenvalue weighted by atomic mass is 10.2. The Bertz CT molecular complexity index is 634. The van der Waals surface area contributed by atoms with Gasteiger partial charge in [0.05, 0.1) is 23.7 Å². The topological polar surface area (TPSA) is 97.1 Å². The molecule has 0 spiro atoms. The Labute approximate surface area is 114 Å². The van der Waals surface area contributed by atoms with Crippen molar-refractivity contribution in [3.8, 4) is 0 Å². The molecule has 20 heavy (non-hydrogen) atoms. The molecule has 0 atom stereocenters. The standard InChI is InChI=1S/C13H12N4O3/c1-9-11(4-7-20-9)13(19)17-16-12(18)3-2-10-8-14-5-6-15-10/h2-8H,1H3,(H,16,18)(H,17,19)/b3-2+. The average Bonchev–Trinajstić information content (AvgIpc) is 2.90. The highest BCUT2D eigenvalue weighted by Crippen LogP contribution is 2.07. The number of rotatable bonds is 3. The molecule has 0 aliphatic carbocycles. The summed E-state index contributed by atoms with van der Waals surface area (Å²) in [6.07, 6.45) is 8.69. The fourth-order valence-electron chi connectivity index (χ4n) is 1.41. The first-order valence-corrected chi connectivity index (χ1v) is 5.75. The number of carbonyl (C=O) groups is 2. The first kappa shape index (κ1) is 13.5.